The van der Waals surface area contributed by atoms with E-state index in [1.807, 2.05) is 0 Å². The van der Waals surface area contributed by atoms with Gasteiger partial charge < -0.3 is 10.3 Å². The first-order valence-corrected chi connectivity index (χ1v) is 4.83. The molecule has 0 aliphatic rings. The average molecular weight is 272 g/mol. The zero-order chi connectivity index (χ0) is 14.6. The lowest BCUT2D eigenvalue weighted by Crippen LogP contribution is -2.26. The Labute approximate surface area is 105 Å². The van der Waals surface area contributed by atoms with E-state index in [1.54, 1.807) is 0 Å². The van der Waals surface area contributed by atoms with Gasteiger partial charge in [0.1, 0.15) is 0 Å². The molecule has 1 aromatic carbocycles. The lowest BCUT2D eigenvalue weighted by molar-refractivity contribution is -0.138. The second-order valence-corrected chi connectivity index (χ2v) is 3.34. The fourth-order valence-corrected chi connectivity index (χ4v) is 1.22. The molecule has 0 heterocycles. The molecule has 0 atom stereocenters. The molecule has 5 nitrogen and oxygen atoms in total. The summed E-state index contributed by atoms with van der Waals surface area (Å²) in [6.45, 7) is 0. The normalized spacial score (nSPS) is 10.5. The predicted octanol–water partition coefficient (Wildman–Crippen LogP) is 1.73. The summed E-state index contributed by atoms with van der Waals surface area (Å²) in [4.78, 5) is 25.2. The molecule has 19 heavy (non-hydrogen) atoms. The van der Waals surface area contributed by atoms with E-state index in [9.17, 15) is 22.8 Å². The Morgan fingerprint density at radius 2 is 1.74 bits per heavy atom. The van der Waals surface area contributed by atoms with Gasteiger partial charge in [0, 0.05) is 5.56 Å². The maximum atomic E-state index is 12.3. The van der Waals surface area contributed by atoms with Crippen LogP contribution in [0.4, 0.5) is 13.2 Å². The highest BCUT2D eigenvalue weighted by atomic mass is 19.4. The third-order valence-corrected chi connectivity index (χ3v) is 2.17. The van der Waals surface area contributed by atoms with Crippen LogP contribution in [0.3, 0.4) is 0 Å². The van der Waals surface area contributed by atoms with Crippen LogP contribution < -0.4 is 0 Å². The lowest BCUT2D eigenvalue weighted by Gasteiger charge is -2.06. The molecule has 100 valence electrons. The number of hydrogen-bond donors (Lipinski definition) is 0. The Balaban J connectivity index is 3.09. The molecule has 0 bridgehead atoms. The molecule has 0 N–H and O–H groups in total. The number of methoxy groups -OCH3 is 1. The van der Waals surface area contributed by atoms with Crippen molar-refractivity contribution in [2.75, 3.05) is 7.11 Å². The summed E-state index contributed by atoms with van der Waals surface area (Å²) < 4.78 is 41.1. The van der Waals surface area contributed by atoms with E-state index in [-0.39, 0.29) is 5.56 Å². The van der Waals surface area contributed by atoms with Crippen molar-refractivity contribution < 1.29 is 32.3 Å². The minimum absolute atomic E-state index is 0.230. The number of carbonyl (C=O) groups is 2. The summed E-state index contributed by atoms with van der Waals surface area (Å²) in [5.41, 5.74) is 6.44. The Bertz CT molecular complexity index is 558. The number of rotatable bonds is 3. The SMILES string of the molecule is COC(=O)C(=[N+]=[N-])C(=O)c1ccc(C(F)(F)F)cc1. The fraction of sp³-hybridized carbons (Fsp3) is 0.182. The van der Waals surface area contributed by atoms with Crippen molar-refractivity contribution in [2.24, 2.45) is 0 Å². The Morgan fingerprint density at radius 1 is 1.21 bits per heavy atom. The van der Waals surface area contributed by atoms with Gasteiger partial charge in [-0.1, -0.05) is 12.1 Å². The van der Waals surface area contributed by atoms with E-state index in [0.29, 0.717) is 12.1 Å². The first-order valence-electron chi connectivity index (χ1n) is 4.83. The van der Waals surface area contributed by atoms with Gasteiger partial charge in [-0.15, -0.1) is 0 Å². The highest BCUT2D eigenvalue weighted by Gasteiger charge is 2.33. The van der Waals surface area contributed by atoms with E-state index in [1.165, 1.54) is 0 Å². The van der Waals surface area contributed by atoms with Crippen LogP contribution in [0.1, 0.15) is 15.9 Å². The largest absolute Gasteiger partial charge is 0.460 e. The van der Waals surface area contributed by atoms with Gasteiger partial charge in [-0.25, -0.2) is 4.79 Å². The molecule has 0 saturated carbocycles. The first-order chi connectivity index (χ1) is 8.81. The van der Waals surface area contributed by atoms with Crippen molar-refractivity contribution in [1.29, 1.82) is 0 Å². The number of esters is 1. The summed E-state index contributed by atoms with van der Waals surface area (Å²) in [7, 11) is 0.966. The molecule has 0 unspecified atom stereocenters. The van der Waals surface area contributed by atoms with Gasteiger partial charge in [0.2, 0.25) is 0 Å². The number of carbonyl (C=O) groups excluding carboxylic acids is 2. The second kappa shape index (κ2) is 5.45. The van der Waals surface area contributed by atoms with Crippen molar-refractivity contribution in [3.8, 4) is 0 Å². The number of nitrogens with zero attached hydrogens (tertiary/aromatic N) is 2. The third kappa shape index (κ3) is 3.26. The Morgan fingerprint density at radius 3 is 2.11 bits per heavy atom. The quantitative estimate of drug-likeness (QED) is 0.210. The van der Waals surface area contributed by atoms with Crippen LogP contribution in [0.5, 0.6) is 0 Å². The van der Waals surface area contributed by atoms with Gasteiger partial charge >= 0.3 is 17.9 Å². The Hall–Kier alpha value is -2.47. The minimum Gasteiger partial charge on any atom is -0.460 e. The van der Waals surface area contributed by atoms with Crippen molar-refractivity contribution in [3.05, 3.63) is 40.9 Å². The van der Waals surface area contributed by atoms with Crippen LogP contribution in [-0.2, 0) is 15.7 Å². The number of alkyl halides is 3. The lowest BCUT2D eigenvalue weighted by atomic mass is 10.0. The van der Waals surface area contributed by atoms with Crippen LogP contribution >= 0.6 is 0 Å². The maximum Gasteiger partial charge on any atom is 0.446 e. The van der Waals surface area contributed by atoms with Crippen LogP contribution in [0.2, 0.25) is 0 Å². The second-order valence-electron chi connectivity index (χ2n) is 3.34. The fourth-order valence-electron chi connectivity index (χ4n) is 1.22. The highest BCUT2D eigenvalue weighted by Crippen LogP contribution is 2.29. The van der Waals surface area contributed by atoms with Gasteiger partial charge in [-0.2, -0.15) is 18.0 Å². The molecule has 8 heteroatoms. The van der Waals surface area contributed by atoms with E-state index < -0.39 is 29.2 Å². The summed E-state index contributed by atoms with van der Waals surface area (Å²) in [5, 5.41) is 0. The van der Waals surface area contributed by atoms with Crippen LogP contribution in [0, 0.1) is 0 Å². The number of halogens is 3. The van der Waals surface area contributed by atoms with E-state index in [4.69, 9.17) is 5.53 Å². The number of benzene rings is 1. The first kappa shape index (κ1) is 14.6. The molecule has 0 fully saturated rings. The van der Waals surface area contributed by atoms with Crippen LogP contribution in [0.25, 0.3) is 5.53 Å². The molecule has 0 aromatic heterocycles. The third-order valence-electron chi connectivity index (χ3n) is 2.17. The monoisotopic (exact) mass is 272 g/mol. The molecule has 0 spiro atoms. The molecule has 1 aromatic rings. The van der Waals surface area contributed by atoms with Crippen molar-refractivity contribution >= 4 is 17.5 Å². The van der Waals surface area contributed by atoms with Gasteiger partial charge in [0.15, 0.2) is 0 Å². The average Bonchev–Trinajstić information content (AvgIpc) is 2.38. The standard InChI is InChI=1S/C11H7F3N2O3/c1-19-10(18)8(16-15)9(17)6-2-4-7(5-3-6)11(12,13)14/h2-5H,1H3. The number of ether oxygens (including phenoxy) is 1. The van der Waals surface area contributed by atoms with Crippen molar-refractivity contribution in [3.63, 3.8) is 0 Å². The Kier molecular flexibility index (Phi) is 4.18. The minimum atomic E-state index is -4.53. The summed E-state index contributed by atoms with van der Waals surface area (Å²) in [6.07, 6.45) is -4.53. The van der Waals surface area contributed by atoms with Crippen molar-refractivity contribution in [1.82, 2.24) is 0 Å². The van der Waals surface area contributed by atoms with Crippen LogP contribution in [0.15, 0.2) is 24.3 Å². The summed E-state index contributed by atoms with van der Waals surface area (Å²) in [5.74, 6) is -2.23. The molecular formula is C11H7F3N2O3. The topological polar surface area (TPSA) is 79.8 Å². The molecule has 0 radical (unpaired) electrons. The number of Topliss-reactive ketones (excluding diaryl/α,β-unsaturated/α-hetero) is 1. The molecule has 0 aliphatic heterocycles. The van der Waals surface area contributed by atoms with Crippen LogP contribution in [-0.4, -0.2) is 29.4 Å². The highest BCUT2D eigenvalue weighted by molar-refractivity contribution is 6.65. The van der Waals surface area contributed by atoms with Gasteiger partial charge in [-0.3, -0.25) is 4.79 Å². The smallest absolute Gasteiger partial charge is 0.446 e. The molecule has 0 aliphatic carbocycles. The molecule has 0 saturated heterocycles. The molecular weight excluding hydrogens is 265 g/mol. The molecule has 0 amide bonds. The van der Waals surface area contributed by atoms with E-state index >= 15 is 0 Å². The zero-order valence-corrected chi connectivity index (χ0v) is 9.56. The maximum absolute atomic E-state index is 12.3. The number of hydrogen-bond acceptors (Lipinski definition) is 3. The summed E-state index contributed by atoms with van der Waals surface area (Å²) in [6, 6.07) is 3.11. The van der Waals surface area contributed by atoms with E-state index in [2.05, 4.69) is 9.53 Å². The zero-order valence-electron chi connectivity index (χ0n) is 9.56. The van der Waals surface area contributed by atoms with Gasteiger partial charge in [0.25, 0.3) is 5.78 Å². The molecule has 1 rings (SSSR count). The predicted molar refractivity (Wildman–Crippen MR) is 56.4 cm³/mol. The van der Waals surface area contributed by atoms with E-state index in [0.717, 1.165) is 19.2 Å². The van der Waals surface area contributed by atoms with Gasteiger partial charge in [0.05, 0.1) is 12.7 Å². The summed E-state index contributed by atoms with van der Waals surface area (Å²) >= 11 is 0. The van der Waals surface area contributed by atoms with Crippen molar-refractivity contribution in [2.45, 2.75) is 6.18 Å². The van der Waals surface area contributed by atoms with Gasteiger partial charge in [-0.05, 0) is 12.1 Å². The number of ketones is 1.